The molecule has 0 heterocycles. The first-order valence-corrected chi connectivity index (χ1v) is 8.53. The van der Waals surface area contributed by atoms with Crippen LogP contribution in [0.5, 0.6) is 0 Å². The Morgan fingerprint density at radius 3 is 2.11 bits per heavy atom. The number of hydrogen-bond acceptors (Lipinski definition) is 0. The first-order chi connectivity index (χ1) is 9.29. The van der Waals surface area contributed by atoms with Crippen molar-refractivity contribution in [2.45, 2.75) is 50.4 Å². The van der Waals surface area contributed by atoms with Gasteiger partial charge in [0.2, 0.25) is 0 Å². The van der Waals surface area contributed by atoms with Crippen molar-refractivity contribution in [3.05, 3.63) is 35.4 Å². The Kier molecular flexibility index (Phi) is 2.95. The third-order valence-corrected chi connectivity index (χ3v) is 6.20. The maximum absolute atomic E-state index is 5.24. The Labute approximate surface area is 122 Å². The zero-order chi connectivity index (χ0) is 12.9. The molecular formula is C18H23S. The van der Waals surface area contributed by atoms with Crippen LogP contribution < -0.4 is 0 Å². The summed E-state index contributed by atoms with van der Waals surface area (Å²) in [6.45, 7) is 0. The van der Waals surface area contributed by atoms with E-state index in [1.165, 1.54) is 38.5 Å². The van der Waals surface area contributed by atoms with Crippen LogP contribution in [0.1, 0.15) is 49.7 Å². The van der Waals surface area contributed by atoms with Crippen LogP contribution in [0.4, 0.5) is 0 Å². The highest BCUT2D eigenvalue weighted by molar-refractivity contribution is 7.80. The van der Waals surface area contributed by atoms with Crippen LogP contribution in [0, 0.1) is 17.8 Å². The van der Waals surface area contributed by atoms with E-state index in [4.69, 9.17) is 12.6 Å². The number of hydrogen-bond donors (Lipinski definition) is 0. The van der Waals surface area contributed by atoms with Gasteiger partial charge in [0, 0.05) is 5.75 Å². The van der Waals surface area contributed by atoms with E-state index in [0.717, 1.165) is 29.9 Å². The Morgan fingerprint density at radius 2 is 1.53 bits per heavy atom. The van der Waals surface area contributed by atoms with Crippen LogP contribution >= 0.6 is 12.6 Å². The zero-order valence-electron chi connectivity index (χ0n) is 11.6. The summed E-state index contributed by atoms with van der Waals surface area (Å²) < 4.78 is 0. The van der Waals surface area contributed by atoms with Crippen molar-refractivity contribution in [2.24, 2.45) is 17.8 Å². The summed E-state index contributed by atoms with van der Waals surface area (Å²) in [5.74, 6) is 3.96. The van der Waals surface area contributed by atoms with Gasteiger partial charge in [-0.25, -0.2) is 0 Å². The summed E-state index contributed by atoms with van der Waals surface area (Å²) in [5, 5.41) is 0. The molecule has 19 heavy (non-hydrogen) atoms. The molecule has 1 aromatic rings. The van der Waals surface area contributed by atoms with Gasteiger partial charge >= 0.3 is 0 Å². The van der Waals surface area contributed by atoms with E-state index in [1.807, 2.05) is 0 Å². The fourth-order valence-electron chi connectivity index (χ4n) is 5.81. The molecule has 101 valence electrons. The molecule has 4 bridgehead atoms. The van der Waals surface area contributed by atoms with Crippen LogP contribution in [-0.4, -0.2) is 5.75 Å². The monoisotopic (exact) mass is 271 g/mol. The molecule has 1 radical (unpaired) electrons. The molecule has 4 aliphatic carbocycles. The largest absolute Gasteiger partial charge is 0.0938 e. The van der Waals surface area contributed by atoms with Crippen LogP contribution in [-0.2, 0) is 11.8 Å². The van der Waals surface area contributed by atoms with Gasteiger partial charge in [-0.1, -0.05) is 36.9 Å². The first kappa shape index (κ1) is 12.3. The molecule has 4 aliphatic rings. The molecule has 5 rings (SSSR count). The van der Waals surface area contributed by atoms with E-state index >= 15 is 0 Å². The number of rotatable bonds is 3. The predicted octanol–water partition coefficient (Wildman–Crippen LogP) is 4.89. The molecule has 0 saturated heterocycles. The van der Waals surface area contributed by atoms with Gasteiger partial charge in [-0.15, -0.1) is 0 Å². The Morgan fingerprint density at radius 1 is 0.947 bits per heavy atom. The summed E-state index contributed by atoms with van der Waals surface area (Å²) in [7, 11) is 0. The van der Waals surface area contributed by atoms with Crippen molar-refractivity contribution in [3.8, 4) is 0 Å². The van der Waals surface area contributed by atoms with Gasteiger partial charge < -0.3 is 0 Å². The lowest BCUT2D eigenvalue weighted by Gasteiger charge is -2.57. The van der Waals surface area contributed by atoms with Gasteiger partial charge in [0.15, 0.2) is 0 Å². The zero-order valence-corrected chi connectivity index (χ0v) is 12.4. The lowest BCUT2D eigenvalue weighted by molar-refractivity contribution is -0.00555. The maximum atomic E-state index is 5.24. The highest BCUT2D eigenvalue weighted by Crippen LogP contribution is 2.61. The van der Waals surface area contributed by atoms with Crippen LogP contribution in [0.3, 0.4) is 0 Å². The number of benzene rings is 1. The number of aryl methyl sites for hydroxylation is 1. The van der Waals surface area contributed by atoms with Gasteiger partial charge in [-0.3, -0.25) is 0 Å². The molecular weight excluding hydrogens is 248 g/mol. The highest BCUT2D eigenvalue weighted by Gasteiger charge is 2.51. The molecule has 0 N–H and O–H groups in total. The lowest BCUT2D eigenvalue weighted by Crippen LogP contribution is -2.48. The molecule has 0 aromatic heterocycles. The van der Waals surface area contributed by atoms with Crippen molar-refractivity contribution < 1.29 is 0 Å². The normalized spacial score (nSPS) is 39.7. The molecule has 4 fully saturated rings. The Hall–Kier alpha value is -0.430. The van der Waals surface area contributed by atoms with E-state index < -0.39 is 0 Å². The molecule has 0 nitrogen and oxygen atoms in total. The van der Waals surface area contributed by atoms with Gasteiger partial charge in [0.25, 0.3) is 0 Å². The van der Waals surface area contributed by atoms with Crippen molar-refractivity contribution in [1.82, 2.24) is 0 Å². The van der Waals surface area contributed by atoms with Crippen molar-refractivity contribution in [1.29, 1.82) is 0 Å². The van der Waals surface area contributed by atoms with Crippen LogP contribution in [0.15, 0.2) is 24.3 Å². The SMILES string of the molecule is [S]CCc1ccccc1C12CC3CC(CC(C3)C1)C2. The van der Waals surface area contributed by atoms with E-state index in [-0.39, 0.29) is 0 Å². The molecule has 0 aliphatic heterocycles. The first-order valence-electron chi connectivity index (χ1n) is 7.95. The average molecular weight is 271 g/mol. The quantitative estimate of drug-likeness (QED) is 0.734. The minimum atomic E-state index is 0.538. The second-order valence-electron chi connectivity index (χ2n) is 7.31. The summed E-state index contributed by atoms with van der Waals surface area (Å²) in [6, 6.07) is 9.21. The molecule has 0 amide bonds. The van der Waals surface area contributed by atoms with E-state index in [2.05, 4.69) is 24.3 Å². The molecule has 1 heteroatoms. The van der Waals surface area contributed by atoms with Gasteiger partial charge in [-0.2, -0.15) is 0 Å². The molecule has 0 unspecified atom stereocenters. The fourth-order valence-corrected chi connectivity index (χ4v) is 6.03. The Bertz CT molecular complexity index is 441. The topological polar surface area (TPSA) is 0 Å². The lowest BCUT2D eigenvalue weighted by atomic mass is 9.47. The minimum Gasteiger partial charge on any atom is -0.0938 e. The molecule has 0 spiro atoms. The molecule has 0 atom stereocenters. The van der Waals surface area contributed by atoms with Gasteiger partial charge in [-0.05, 0) is 79.2 Å². The van der Waals surface area contributed by atoms with E-state index in [0.29, 0.717) is 5.41 Å². The standard InChI is InChI=1S/C18H23S/c19-6-5-16-3-1-2-4-17(16)18-10-13-7-14(11-18)9-15(8-13)12-18/h1-4,13-15H,5-12H2. The van der Waals surface area contributed by atoms with E-state index in [9.17, 15) is 0 Å². The van der Waals surface area contributed by atoms with Gasteiger partial charge in [0.1, 0.15) is 0 Å². The third-order valence-electron chi connectivity index (χ3n) is 6.00. The van der Waals surface area contributed by atoms with Crippen molar-refractivity contribution in [3.63, 3.8) is 0 Å². The molecule has 4 saturated carbocycles. The Balaban J connectivity index is 1.75. The van der Waals surface area contributed by atoms with Crippen LogP contribution in [0.2, 0.25) is 0 Å². The van der Waals surface area contributed by atoms with Crippen LogP contribution in [0.25, 0.3) is 0 Å². The second-order valence-corrected chi connectivity index (χ2v) is 7.72. The van der Waals surface area contributed by atoms with Crippen molar-refractivity contribution in [2.75, 3.05) is 5.75 Å². The smallest absolute Gasteiger partial charge is 0.00775 e. The second kappa shape index (κ2) is 4.55. The van der Waals surface area contributed by atoms with E-state index in [1.54, 1.807) is 11.1 Å². The summed E-state index contributed by atoms with van der Waals surface area (Å²) in [5.41, 5.74) is 3.77. The minimum absolute atomic E-state index is 0.538. The van der Waals surface area contributed by atoms with Crippen molar-refractivity contribution >= 4 is 12.6 Å². The third kappa shape index (κ3) is 1.96. The molecule has 1 aromatic carbocycles. The maximum Gasteiger partial charge on any atom is 0.00775 e. The average Bonchev–Trinajstić information content (AvgIpc) is 2.38. The predicted molar refractivity (Wildman–Crippen MR) is 82.5 cm³/mol. The summed E-state index contributed by atoms with van der Waals surface area (Å²) in [4.78, 5) is 0. The van der Waals surface area contributed by atoms with Gasteiger partial charge in [0.05, 0.1) is 0 Å². The summed E-state index contributed by atoms with van der Waals surface area (Å²) >= 11 is 5.24. The fraction of sp³-hybridized carbons (Fsp3) is 0.667. The highest BCUT2D eigenvalue weighted by atomic mass is 32.1. The summed E-state index contributed by atoms with van der Waals surface area (Å²) in [6.07, 6.45) is 10.1.